The molecule has 1 heterocycles. The maximum Gasteiger partial charge on any atom is 0.245 e. The molecule has 0 spiro atoms. The van der Waals surface area contributed by atoms with Crippen molar-refractivity contribution in [3.05, 3.63) is 29.8 Å². The Hall–Kier alpha value is -2.06. The first-order valence-corrected chi connectivity index (χ1v) is 6.73. The van der Waals surface area contributed by atoms with Gasteiger partial charge in [0.1, 0.15) is 12.1 Å². The van der Waals surface area contributed by atoms with Gasteiger partial charge in [-0.3, -0.25) is 4.79 Å². The van der Waals surface area contributed by atoms with Crippen LogP contribution in [0.3, 0.4) is 0 Å². The third-order valence-electron chi connectivity index (χ3n) is 3.67. The third kappa shape index (κ3) is 2.91. The number of hydrogen-bond donors (Lipinski definition) is 0. The summed E-state index contributed by atoms with van der Waals surface area (Å²) in [6.45, 7) is 4.33. The second-order valence-electron chi connectivity index (χ2n) is 4.85. The molecule has 20 heavy (non-hydrogen) atoms. The Kier molecular flexibility index (Phi) is 4.59. The number of para-hydroxylation sites is 1. The van der Waals surface area contributed by atoms with Gasteiger partial charge < -0.3 is 14.5 Å². The lowest BCUT2D eigenvalue weighted by atomic mass is 10.1. The molecule has 5 nitrogen and oxygen atoms in total. The fraction of sp³-hybridized carbons (Fsp3) is 0.467. The lowest BCUT2D eigenvalue weighted by Crippen LogP contribution is -2.49. The SMILES string of the molecule is CC(C(=O)N1CCOCC1)N(C)c1ccccc1C#N. The first-order valence-electron chi connectivity index (χ1n) is 6.73. The Labute approximate surface area is 119 Å². The second kappa shape index (κ2) is 6.40. The number of carbonyl (C=O) groups is 1. The van der Waals surface area contributed by atoms with E-state index in [1.807, 2.05) is 42.0 Å². The van der Waals surface area contributed by atoms with Gasteiger partial charge in [0.2, 0.25) is 5.91 Å². The fourth-order valence-corrected chi connectivity index (χ4v) is 2.30. The number of hydrogen-bond acceptors (Lipinski definition) is 4. The molecule has 1 aliphatic heterocycles. The molecule has 5 heteroatoms. The highest BCUT2D eigenvalue weighted by molar-refractivity contribution is 5.85. The van der Waals surface area contributed by atoms with Crippen molar-refractivity contribution < 1.29 is 9.53 Å². The van der Waals surface area contributed by atoms with Crippen molar-refractivity contribution in [2.75, 3.05) is 38.3 Å². The Morgan fingerprint density at radius 3 is 2.70 bits per heavy atom. The molecule has 1 fully saturated rings. The van der Waals surface area contributed by atoms with Gasteiger partial charge in [-0.1, -0.05) is 12.1 Å². The number of amides is 1. The summed E-state index contributed by atoms with van der Waals surface area (Å²) in [6.07, 6.45) is 0. The van der Waals surface area contributed by atoms with E-state index in [2.05, 4.69) is 6.07 Å². The van der Waals surface area contributed by atoms with Crippen LogP contribution in [0.15, 0.2) is 24.3 Å². The van der Waals surface area contributed by atoms with Gasteiger partial charge in [0.25, 0.3) is 0 Å². The molecule has 1 atom stereocenters. The zero-order chi connectivity index (χ0) is 14.5. The minimum absolute atomic E-state index is 0.0727. The number of anilines is 1. The highest BCUT2D eigenvalue weighted by atomic mass is 16.5. The minimum Gasteiger partial charge on any atom is -0.378 e. The molecular weight excluding hydrogens is 254 g/mol. The van der Waals surface area contributed by atoms with Crippen LogP contribution in [-0.2, 0) is 9.53 Å². The Balaban J connectivity index is 2.13. The molecule has 0 saturated carbocycles. The molecule has 0 aromatic heterocycles. The van der Waals surface area contributed by atoms with Crippen molar-refractivity contribution in [3.63, 3.8) is 0 Å². The zero-order valence-corrected chi connectivity index (χ0v) is 11.9. The van der Waals surface area contributed by atoms with E-state index < -0.39 is 0 Å². The van der Waals surface area contributed by atoms with Crippen LogP contribution >= 0.6 is 0 Å². The van der Waals surface area contributed by atoms with E-state index in [9.17, 15) is 4.79 Å². The molecule has 0 bridgehead atoms. The van der Waals surface area contributed by atoms with Crippen LogP contribution in [0.25, 0.3) is 0 Å². The van der Waals surface area contributed by atoms with Gasteiger partial charge in [-0.2, -0.15) is 5.26 Å². The number of benzene rings is 1. The highest BCUT2D eigenvalue weighted by Crippen LogP contribution is 2.21. The van der Waals surface area contributed by atoms with Gasteiger partial charge in [-0.15, -0.1) is 0 Å². The largest absolute Gasteiger partial charge is 0.378 e. The molecule has 1 aromatic rings. The van der Waals surface area contributed by atoms with Crippen LogP contribution in [0.1, 0.15) is 12.5 Å². The number of likely N-dealkylation sites (N-methyl/N-ethyl adjacent to an activating group) is 1. The third-order valence-corrected chi connectivity index (χ3v) is 3.67. The number of nitriles is 1. The van der Waals surface area contributed by atoms with E-state index in [1.54, 1.807) is 6.07 Å². The summed E-state index contributed by atoms with van der Waals surface area (Å²) in [4.78, 5) is 16.1. The molecule has 0 radical (unpaired) electrons. The molecule has 0 N–H and O–H groups in total. The number of ether oxygens (including phenoxy) is 1. The van der Waals surface area contributed by atoms with Crippen molar-refractivity contribution >= 4 is 11.6 Å². The van der Waals surface area contributed by atoms with Crippen molar-refractivity contribution in [2.45, 2.75) is 13.0 Å². The van der Waals surface area contributed by atoms with Crippen LogP contribution < -0.4 is 4.90 Å². The number of rotatable bonds is 3. The Morgan fingerprint density at radius 1 is 1.40 bits per heavy atom. The molecule has 1 unspecified atom stereocenters. The van der Waals surface area contributed by atoms with Gasteiger partial charge in [0, 0.05) is 20.1 Å². The van der Waals surface area contributed by atoms with Crippen LogP contribution in [0.2, 0.25) is 0 Å². The lowest BCUT2D eigenvalue weighted by molar-refractivity contribution is -0.136. The van der Waals surface area contributed by atoms with Crippen molar-refractivity contribution in [2.24, 2.45) is 0 Å². The topological polar surface area (TPSA) is 56.6 Å². The molecule has 1 saturated heterocycles. The molecule has 1 aliphatic rings. The molecular formula is C15H19N3O2. The monoisotopic (exact) mass is 273 g/mol. The van der Waals surface area contributed by atoms with Crippen molar-refractivity contribution in [3.8, 4) is 6.07 Å². The normalized spacial score (nSPS) is 16.4. The van der Waals surface area contributed by atoms with Crippen LogP contribution in [0.5, 0.6) is 0 Å². The van der Waals surface area contributed by atoms with Crippen molar-refractivity contribution in [1.29, 1.82) is 5.26 Å². The van der Waals surface area contributed by atoms with Gasteiger partial charge in [-0.25, -0.2) is 0 Å². The molecule has 1 aromatic carbocycles. The molecule has 2 rings (SSSR count). The summed E-state index contributed by atoms with van der Waals surface area (Å²) in [7, 11) is 1.85. The molecule has 1 amide bonds. The van der Waals surface area contributed by atoms with E-state index >= 15 is 0 Å². The maximum absolute atomic E-state index is 12.5. The fourth-order valence-electron chi connectivity index (χ4n) is 2.30. The first-order chi connectivity index (χ1) is 9.65. The van der Waals surface area contributed by atoms with E-state index in [-0.39, 0.29) is 11.9 Å². The summed E-state index contributed by atoms with van der Waals surface area (Å²) in [5.41, 5.74) is 1.36. The van der Waals surface area contributed by atoms with Crippen LogP contribution in [0.4, 0.5) is 5.69 Å². The highest BCUT2D eigenvalue weighted by Gasteiger charge is 2.26. The average Bonchev–Trinajstić information content (AvgIpc) is 2.53. The second-order valence-corrected chi connectivity index (χ2v) is 4.85. The Morgan fingerprint density at radius 2 is 2.05 bits per heavy atom. The predicted molar refractivity (Wildman–Crippen MR) is 76.4 cm³/mol. The van der Waals surface area contributed by atoms with E-state index in [0.717, 1.165) is 5.69 Å². The average molecular weight is 273 g/mol. The summed E-state index contributed by atoms with van der Waals surface area (Å²) in [5, 5.41) is 9.15. The standard InChI is InChI=1S/C15H19N3O2/c1-12(15(19)18-7-9-20-10-8-18)17(2)14-6-4-3-5-13(14)11-16/h3-6,12H,7-10H2,1-2H3. The zero-order valence-electron chi connectivity index (χ0n) is 11.9. The van der Waals surface area contributed by atoms with Gasteiger partial charge in [0.15, 0.2) is 0 Å². The quantitative estimate of drug-likeness (QED) is 0.831. The molecule has 106 valence electrons. The summed E-state index contributed by atoms with van der Waals surface area (Å²) >= 11 is 0. The number of carbonyl (C=O) groups excluding carboxylic acids is 1. The lowest BCUT2D eigenvalue weighted by Gasteiger charge is -2.33. The first kappa shape index (κ1) is 14.4. The maximum atomic E-state index is 12.5. The number of nitrogens with zero attached hydrogens (tertiary/aromatic N) is 3. The van der Waals surface area contributed by atoms with E-state index in [0.29, 0.717) is 31.9 Å². The summed E-state index contributed by atoms with van der Waals surface area (Å²) in [5.74, 6) is 0.0727. The summed E-state index contributed by atoms with van der Waals surface area (Å²) < 4.78 is 5.26. The minimum atomic E-state index is -0.303. The van der Waals surface area contributed by atoms with E-state index in [4.69, 9.17) is 10.00 Å². The summed E-state index contributed by atoms with van der Waals surface area (Å²) in [6, 6.07) is 9.18. The van der Waals surface area contributed by atoms with Crippen molar-refractivity contribution in [1.82, 2.24) is 4.90 Å². The van der Waals surface area contributed by atoms with Gasteiger partial charge in [-0.05, 0) is 19.1 Å². The van der Waals surface area contributed by atoms with E-state index in [1.165, 1.54) is 0 Å². The molecule has 0 aliphatic carbocycles. The van der Waals surface area contributed by atoms with Crippen LogP contribution in [0, 0.1) is 11.3 Å². The number of morpholine rings is 1. The Bertz CT molecular complexity index is 518. The smallest absolute Gasteiger partial charge is 0.245 e. The predicted octanol–water partition coefficient (Wildman–Crippen LogP) is 1.24. The van der Waals surface area contributed by atoms with Crippen LogP contribution in [-0.4, -0.2) is 50.2 Å². The van der Waals surface area contributed by atoms with Gasteiger partial charge >= 0.3 is 0 Å². The van der Waals surface area contributed by atoms with Gasteiger partial charge in [0.05, 0.1) is 24.5 Å².